The first kappa shape index (κ1) is 15.0. The van der Waals surface area contributed by atoms with Gasteiger partial charge in [-0.05, 0) is 11.0 Å². The molecule has 0 aromatic carbocycles. The summed E-state index contributed by atoms with van der Waals surface area (Å²) < 4.78 is 27.4. The summed E-state index contributed by atoms with van der Waals surface area (Å²) in [7, 11) is 0. The third-order valence-electron chi connectivity index (χ3n) is 3.18. The van der Waals surface area contributed by atoms with Crippen molar-refractivity contribution in [1.82, 2.24) is 0 Å². The van der Waals surface area contributed by atoms with Crippen molar-refractivity contribution in [3.8, 4) is 0 Å². The lowest BCUT2D eigenvalue weighted by molar-refractivity contribution is -0.582. The van der Waals surface area contributed by atoms with E-state index in [1.54, 1.807) is 12.1 Å². The second-order valence-electron chi connectivity index (χ2n) is 5.71. The zero-order chi connectivity index (χ0) is 15.9. The molecule has 0 fully saturated rings. The third kappa shape index (κ3) is 2.49. The first-order chi connectivity index (χ1) is 9.64. The predicted molar refractivity (Wildman–Crippen MR) is 67.8 cm³/mol. The monoisotopic (exact) mass is 293 g/mol. The van der Waals surface area contributed by atoms with Crippen LogP contribution >= 0.6 is 0 Å². The lowest BCUT2D eigenvalue weighted by Crippen LogP contribution is -2.43. The molecule has 110 valence electrons. The first-order valence-electron chi connectivity index (χ1n) is 6.22. The van der Waals surface area contributed by atoms with Gasteiger partial charge in [0.05, 0.1) is 0 Å². The second kappa shape index (κ2) is 4.87. The molecule has 0 bridgehead atoms. The van der Waals surface area contributed by atoms with E-state index in [4.69, 9.17) is 0 Å². The Kier molecular flexibility index (Phi) is 3.49. The number of rotatable bonds is 1. The zero-order valence-electron chi connectivity index (χ0n) is 11.7. The van der Waals surface area contributed by atoms with E-state index >= 15 is 0 Å². The highest BCUT2D eigenvalue weighted by Crippen LogP contribution is 2.25. The maximum absolute atomic E-state index is 13.3. The summed E-state index contributed by atoms with van der Waals surface area (Å²) in [4.78, 5) is 23.0. The quantitative estimate of drug-likeness (QED) is 0.442. The minimum Gasteiger partial charge on any atom is -0.866 e. The van der Waals surface area contributed by atoms with Crippen LogP contribution in [0.15, 0.2) is 41.9 Å². The van der Waals surface area contributed by atoms with Crippen molar-refractivity contribution in [2.24, 2.45) is 0 Å². The number of allylic oxidation sites excluding steroid dienone is 3. The molecule has 1 heterocycles. The van der Waals surface area contributed by atoms with Crippen LogP contribution in [0.1, 0.15) is 26.3 Å². The number of hydrogen-bond acceptors (Lipinski definition) is 3. The summed E-state index contributed by atoms with van der Waals surface area (Å²) >= 11 is 0. The Bertz CT molecular complexity index is 695. The summed E-state index contributed by atoms with van der Waals surface area (Å²) in [6.45, 7) is 5.91. The van der Waals surface area contributed by atoms with E-state index in [1.165, 1.54) is 12.4 Å². The van der Waals surface area contributed by atoms with E-state index in [0.29, 0.717) is 0 Å². The fourth-order valence-electron chi connectivity index (χ4n) is 1.92. The number of Topliss-reactive ketones (excluding diaryl/α,β-unsaturated/α-hetero) is 2. The van der Waals surface area contributed by atoms with Gasteiger partial charge in [0.1, 0.15) is 0 Å². The molecule has 21 heavy (non-hydrogen) atoms. The SMILES string of the molecule is CC(C)(C)c1cc[n+](C2=C([O-])C(F)=C(F)C(=O)C2=O)cc1. The van der Waals surface area contributed by atoms with Crippen molar-refractivity contribution in [3.05, 3.63) is 47.5 Å². The molecule has 2 rings (SSSR count). The molecular weight excluding hydrogens is 280 g/mol. The van der Waals surface area contributed by atoms with Gasteiger partial charge in [0.25, 0.3) is 17.3 Å². The van der Waals surface area contributed by atoms with Gasteiger partial charge in [-0.25, -0.2) is 4.39 Å². The van der Waals surface area contributed by atoms with Crippen LogP contribution in [0.2, 0.25) is 0 Å². The van der Waals surface area contributed by atoms with Crippen LogP contribution in [0.5, 0.6) is 0 Å². The van der Waals surface area contributed by atoms with Gasteiger partial charge in [0.2, 0.25) is 5.83 Å². The van der Waals surface area contributed by atoms with Crippen LogP contribution in [0.3, 0.4) is 0 Å². The summed E-state index contributed by atoms with van der Waals surface area (Å²) in [5.41, 5.74) is 0.0557. The fourth-order valence-corrected chi connectivity index (χ4v) is 1.92. The highest BCUT2D eigenvalue weighted by atomic mass is 19.2. The van der Waals surface area contributed by atoms with E-state index in [9.17, 15) is 23.5 Å². The largest absolute Gasteiger partial charge is 0.866 e. The van der Waals surface area contributed by atoms with Crippen LogP contribution < -0.4 is 9.67 Å². The standard InChI is InChI=1S/C15H13F2NO3/c1-15(2,3)8-4-6-18(7-5-8)11-12(19)9(16)10(17)13(20)14(11)21/h4-7H,1-3H3. The van der Waals surface area contributed by atoms with E-state index in [1.807, 2.05) is 20.8 Å². The zero-order valence-corrected chi connectivity index (χ0v) is 11.7. The van der Waals surface area contributed by atoms with Gasteiger partial charge < -0.3 is 5.11 Å². The summed E-state index contributed by atoms with van der Waals surface area (Å²) in [6, 6.07) is 3.29. The normalized spacial score (nSPS) is 16.8. The van der Waals surface area contributed by atoms with Crippen molar-refractivity contribution in [2.75, 3.05) is 0 Å². The fraction of sp³-hybridized carbons (Fsp3) is 0.267. The maximum Gasteiger partial charge on any atom is 0.299 e. The van der Waals surface area contributed by atoms with E-state index in [-0.39, 0.29) is 5.41 Å². The topological polar surface area (TPSA) is 61.1 Å². The molecule has 1 aliphatic rings. The smallest absolute Gasteiger partial charge is 0.299 e. The molecule has 0 aliphatic heterocycles. The first-order valence-corrected chi connectivity index (χ1v) is 6.22. The molecule has 0 N–H and O–H groups in total. The Morgan fingerprint density at radius 2 is 1.52 bits per heavy atom. The molecule has 0 spiro atoms. The Morgan fingerprint density at radius 3 is 2.00 bits per heavy atom. The number of aromatic nitrogens is 1. The van der Waals surface area contributed by atoms with E-state index in [0.717, 1.165) is 10.1 Å². The molecule has 0 radical (unpaired) electrons. The lowest BCUT2D eigenvalue weighted by atomic mass is 9.88. The van der Waals surface area contributed by atoms with Gasteiger partial charge in [-0.2, -0.15) is 8.96 Å². The van der Waals surface area contributed by atoms with Gasteiger partial charge in [0.15, 0.2) is 18.2 Å². The van der Waals surface area contributed by atoms with E-state index in [2.05, 4.69) is 0 Å². The molecule has 1 aliphatic carbocycles. The number of carbonyl (C=O) groups excluding carboxylic acids is 2. The summed E-state index contributed by atoms with van der Waals surface area (Å²) in [5, 5.41) is 11.7. The molecular formula is C15H13F2NO3. The summed E-state index contributed by atoms with van der Waals surface area (Å²) in [5.74, 6) is -8.19. The molecule has 1 aromatic heterocycles. The minimum atomic E-state index is -1.93. The van der Waals surface area contributed by atoms with Crippen molar-refractivity contribution in [3.63, 3.8) is 0 Å². The van der Waals surface area contributed by atoms with E-state index < -0.39 is 34.7 Å². The maximum atomic E-state index is 13.3. The Balaban J connectivity index is 2.56. The van der Waals surface area contributed by atoms with Gasteiger partial charge in [0, 0.05) is 17.9 Å². The van der Waals surface area contributed by atoms with Crippen LogP contribution in [0.25, 0.3) is 5.70 Å². The highest BCUT2D eigenvalue weighted by molar-refractivity contribution is 6.56. The number of halogens is 2. The van der Waals surface area contributed by atoms with Crippen molar-refractivity contribution < 1.29 is 28.0 Å². The average molecular weight is 293 g/mol. The van der Waals surface area contributed by atoms with Crippen LogP contribution in [0.4, 0.5) is 8.78 Å². The highest BCUT2D eigenvalue weighted by Gasteiger charge is 2.38. The Labute approximate surface area is 120 Å². The average Bonchev–Trinajstić information content (AvgIpc) is 2.43. The molecule has 0 unspecified atom stereocenters. The molecule has 1 aromatic rings. The number of nitrogens with zero attached hydrogens (tertiary/aromatic N) is 1. The van der Waals surface area contributed by atoms with Gasteiger partial charge in [-0.3, -0.25) is 9.59 Å². The molecule has 0 atom stereocenters. The minimum absolute atomic E-state index is 0.155. The molecule has 0 saturated carbocycles. The van der Waals surface area contributed by atoms with Gasteiger partial charge in [-0.1, -0.05) is 20.8 Å². The third-order valence-corrected chi connectivity index (χ3v) is 3.18. The molecule has 0 amide bonds. The molecule has 4 nitrogen and oxygen atoms in total. The van der Waals surface area contributed by atoms with Crippen LogP contribution in [-0.2, 0) is 15.0 Å². The summed E-state index contributed by atoms with van der Waals surface area (Å²) in [6.07, 6.45) is 2.74. The van der Waals surface area contributed by atoms with Gasteiger partial charge in [-0.15, -0.1) is 0 Å². The number of hydrogen-bond donors (Lipinski definition) is 0. The Hall–Kier alpha value is -2.37. The number of pyridine rings is 1. The Morgan fingerprint density at radius 1 is 1.00 bits per heavy atom. The predicted octanol–water partition coefficient (Wildman–Crippen LogP) is 1.10. The van der Waals surface area contributed by atoms with Crippen molar-refractivity contribution >= 4 is 17.3 Å². The molecule has 6 heteroatoms. The molecule has 0 saturated heterocycles. The number of ketones is 2. The lowest BCUT2D eigenvalue weighted by Gasteiger charge is -2.19. The van der Waals surface area contributed by atoms with Gasteiger partial charge >= 0.3 is 0 Å². The number of carbonyl (C=O) groups is 2. The van der Waals surface area contributed by atoms with Crippen LogP contribution in [-0.4, -0.2) is 11.6 Å². The van der Waals surface area contributed by atoms with Crippen molar-refractivity contribution in [1.29, 1.82) is 0 Å². The second-order valence-corrected chi connectivity index (χ2v) is 5.71. The van der Waals surface area contributed by atoms with Crippen LogP contribution in [0, 0.1) is 0 Å². The van der Waals surface area contributed by atoms with Crippen molar-refractivity contribution in [2.45, 2.75) is 26.2 Å².